The first kappa shape index (κ1) is 11.9. The third-order valence-electron chi connectivity index (χ3n) is 4.59. The maximum absolute atomic E-state index is 4.64. The van der Waals surface area contributed by atoms with Crippen LogP contribution in [0.3, 0.4) is 0 Å². The molecular weight excluding hydrogens is 248 g/mol. The van der Waals surface area contributed by atoms with E-state index in [9.17, 15) is 0 Å². The van der Waals surface area contributed by atoms with Crippen molar-refractivity contribution in [2.24, 2.45) is 0 Å². The summed E-state index contributed by atoms with van der Waals surface area (Å²) in [5.74, 6) is 1.21. The van der Waals surface area contributed by atoms with E-state index >= 15 is 0 Å². The first-order valence-corrected chi connectivity index (χ1v) is 7.41. The van der Waals surface area contributed by atoms with E-state index in [0.29, 0.717) is 12.1 Å². The smallest absolute Gasteiger partial charge is 0.157 e. The molecule has 2 aromatic heterocycles. The Kier molecular flexibility index (Phi) is 2.43. The van der Waals surface area contributed by atoms with E-state index in [4.69, 9.17) is 0 Å². The highest BCUT2D eigenvalue weighted by Gasteiger charge is 2.39. The highest BCUT2D eigenvalue weighted by Crippen LogP contribution is 2.40. The molecule has 2 aliphatic rings. The Morgan fingerprint density at radius 3 is 2.50 bits per heavy atom. The predicted molar refractivity (Wildman–Crippen MR) is 80.1 cm³/mol. The molecule has 0 amide bonds. The van der Waals surface area contributed by atoms with Crippen LogP contribution in [0.1, 0.15) is 37.1 Å². The Hall–Kier alpha value is -1.84. The van der Waals surface area contributed by atoms with E-state index in [1.54, 1.807) is 0 Å². The lowest BCUT2D eigenvalue weighted by Gasteiger charge is -2.37. The SMILES string of the molecule is C=C1CC2CCC(C1)N2c1cc(C)nc2cc(C)nn12. The van der Waals surface area contributed by atoms with E-state index < -0.39 is 0 Å². The van der Waals surface area contributed by atoms with Crippen molar-refractivity contribution in [1.82, 2.24) is 14.6 Å². The van der Waals surface area contributed by atoms with Gasteiger partial charge in [-0.05, 0) is 39.5 Å². The summed E-state index contributed by atoms with van der Waals surface area (Å²) in [6, 6.07) is 5.42. The van der Waals surface area contributed by atoms with Crippen LogP contribution in [-0.4, -0.2) is 26.7 Å². The van der Waals surface area contributed by atoms with E-state index in [0.717, 1.165) is 29.9 Å². The van der Waals surface area contributed by atoms with Crippen LogP contribution in [-0.2, 0) is 0 Å². The number of aromatic nitrogens is 3. The zero-order valence-corrected chi connectivity index (χ0v) is 12.1. The van der Waals surface area contributed by atoms with Gasteiger partial charge in [0.2, 0.25) is 0 Å². The van der Waals surface area contributed by atoms with Crippen molar-refractivity contribution in [3.8, 4) is 0 Å². The fourth-order valence-corrected chi connectivity index (χ4v) is 3.86. The largest absolute Gasteiger partial charge is 0.350 e. The topological polar surface area (TPSA) is 33.4 Å². The molecule has 4 rings (SSSR count). The van der Waals surface area contributed by atoms with Crippen LogP contribution in [0, 0.1) is 13.8 Å². The maximum Gasteiger partial charge on any atom is 0.157 e. The van der Waals surface area contributed by atoms with Gasteiger partial charge in [0.1, 0.15) is 5.82 Å². The number of hydrogen-bond acceptors (Lipinski definition) is 3. The zero-order valence-electron chi connectivity index (χ0n) is 12.1. The number of aryl methyl sites for hydroxylation is 2. The second kappa shape index (κ2) is 4.08. The van der Waals surface area contributed by atoms with Crippen molar-refractivity contribution in [1.29, 1.82) is 0 Å². The first-order chi connectivity index (χ1) is 9.61. The van der Waals surface area contributed by atoms with Crippen LogP contribution < -0.4 is 4.90 Å². The molecule has 0 radical (unpaired) electrons. The molecule has 0 saturated carbocycles. The average molecular weight is 268 g/mol. The van der Waals surface area contributed by atoms with Crippen molar-refractivity contribution in [3.05, 3.63) is 35.7 Å². The van der Waals surface area contributed by atoms with Gasteiger partial charge in [-0.1, -0.05) is 12.2 Å². The molecule has 0 spiro atoms. The van der Waals surface area contributed by atoms with Gasteiger partial charge < -0.3 is 4.90 Å². The quantitative estimate of drug-likeness (QED) is 0.745. The molecule has 2 bridgehead atoms. The zero-order chi connectivity index (χ0) is 13.9. The Labute approximate surface area is 119 Å². The average Bonchev–Trinajstić information content (AvgIpc) is 2.86. The van der Waals surface area contributed by atoms with Gasteiger partial charge in [-0.3, -0.25) is 0 Å². The Morgan fingerprint density at radius 1 is 1.10 bits per heavy atom. The lowest BCUT2D eigenvalue weighted by molar-refractivity contribution is 0.539. The number of anilines is 1. The van der Waals surface area contributed by atoms with Gasteiger partial charge >= 0.3 is 0 Å². The Bertz CT molecular complexity index is 684. The second-order valence-corrected chi connectivity index (χ2v) is 6.26. The van der Waals surface area contributed by atoms with Crippen molar-refractivity contribution >= 4 is 11.5 Å². The summed E-state index contributed by atoms with van der Waals surface area (Å²) in [6.45, 7) is 8.30. The molecule has 0 aliphatic carbocycles. The van der Waals surface area contributed by atoms with Crippen LogP contribution in [0.15, 0.2) is 24.3 Å². The maximum atomic E-state index is 4.64. The molecule has 4 nitrogen and oxygen atoms in total. The van der Waals surface area contributed by atoms with Crippen LogP contribution in [0.2, 0.25) is 0 Å². The summed E-state index contributed by atoms with van der Waals surface area (Å²) in [5, 5.41) is 4.64. The molecule has 2 atom stereocenters. The summed E-state index contributed by atoms with van der Waals surface area (Å²) in [4.78, 5) is 7.17. The molecule has 2 aliphatic heterocycles. The fraction of sp³-hybridized carbons (Fsp3) is 0.500. The van der Waals surface area contributed by atoms with E-state index in [-0.39, 0.29) is 0 Å². The normalized spacial score (nSPS) is 25.7. The van der Waals surface area contributed by atoms with Gasteiger partial charge in [-0.25, -0.2) is 4.98 Å². The van der Waals surface area contributed by atoms with Crippen LogP contribution in [0.4, 0.5) is 5.82 Å². The Balaban J connectivity index is 1.88. The highest BCUT2D eigenvalue weighted by atomic mass is 15.4. The monoisotopic (exact) mass is 268 g/mol. The number of nitrogens with zero attached hydrogens (tertiary/aromatic N) is 4. The van der Waals surface area contributed by atoms with Crippen molar-refractivity contribution in [2.75, 3.05) is 4.90 Å². The second-order valence-electron chi connectivity index (χ2n) is 6.26. The third-order valence-corrected chi connectivity index (χ3v) is 4.59. The van der Waals surface area contributed by atoms with Gasteiger partial charge in [-0.15, -0.1) is 0 Å². The molecular formula is C16H20N4. The molecule has 4 heterocycles. The predicted octanol–water partition coefficient (Wildman–Crippen LogP) is 3.03. The minimum Gasteiger partial charge on any atom is -0.350 e. The lowest BCUT2D eigenvalue weighted by Crippen LogP contribution is -2.41. The molecule has 0 N–H and O–H groups in total. The molecule has 4 heteroatoms. The summed E-state index contributed by atoms with van der Waals surface area (Å²) in [7, 11) is 0. The van der Waals surface area contributed by atoms with E-state index in [1.807, 2.05) is 11.4 Å². The van der Waals surface area contributed by atoms with Crippen molar-refractivity contribution in [2.45, 2.75) is 51.6 Å². The summed E-state index contributed by atoms with van der Waals surface area (Å²) in [5.41, 5.74) is 4.46. The minimum absolute atomic E-state index is 0.593. The van der Waals surface area contributed by atoms with Crippen molar-refractivity contribution < 1.29 is 0 Å². The molecule has 20 heavy (non-hydrogen) atoms. The van der Waals surface area contributed by atoms with Gasteiger partial charge in [-0.2, -0.15) is 9.61 Å². The molecule has 2 fully saturated rings. The van der Waals surface area contributed by atoms with Gasteiger partial charge in [0.15, 0.2) is 5.65 Å². The van der Waals surface area contributed by atoms with Crippen LogP contribution in [0.25, 0.3) is 5.65 Å². The number of fused-ring (bicyclic) bond motifs is 3. The van der Waals surface area contributed by atoms with Crippen LogP contribution in [0.5, 0.6) is 0 Å². The standard InChI is InChI=1S/C16H20N4/c1-10-6-13-4-5-14(7-10)19(13)16-9-11(2)17-15-8-12(3)18-20(15)16/h8-9,13-14H,1,4-7H2,2-3H3. The summed E-state index contributed by atoms with van der Waals surface area (Å²) in [6.07, 6.45) is 4.79. The van der Waals surface area contributed by atoms with Gasteiger partial charge in [0, 0.05) is 29.9 Å². The van der Waals surface area contributed by atoms with E-state index in [2.05, 4.69) is 40.6 Å². The lowest BCUT2D eigenvalue weighted by atomic mass is 9.98. The van der Waals surface area contributed by atoms with Crippen molar-refractivity contribution in [3.63, 3.8) is 0 Å². The third kappa shape index (κ3) is 1.67. The number of hydrogen-bond donors (Lipinski definition) is 0. The molecule has 104 valence electrons. The van der Waals surface area contributed by atoms with Crippen LogP contribution >= 0.6 is 0 Å². The Morgan fingerprint density at radius 2 is 1.80 bits per heavy atom. The molecule has 2 unspecified atom stereocenters. The summed E-state index contributed by atoms with van der Waals surface area (Å²) < 4.78 is 2.02. The number of piperidine rings is 1. The molecule has 2 saturated heterocycles. The minimum atomic E-state index is 0.593. The fourth-order valence-electron chi connectivity index (χ4n) is 3.86. The highest BCUT2D eigenvalue weighted by molar-refractivity contribution is 5.54. The molecule has 0 aromatic carbocycles. The summed E-state index contributed by atoms with van der Waals surface area (Å²) >= 11 is 0. The van der Waals surface area contributed by atoms with Gasteiger partial charge in [0.05, 0.1) is 5.69 Å². The molecule has 2 aromatic rings. The van der Waals surface area contributed by atoms with Gasteiger partial charge in [0.25, 0.3) is 0 Å². The van der Waals surface area contributed by atoms with E-state index in [1.165, 1.54) is 24.2 Å². The first-order valence-electron chi connectivity index (χ1n) is 7.41. The number of rotatable bonds is 1.